The van der Waals surface area contributed by atoms with Crippen molar-refractivity contribution >= 4 is 18.7 Å². The third-order valence-corrected chi connectivity index (χ3v) is 9.41. The Kier molecular flexibility index (Phi) is 6.38. The SMILES string of the molecule is CCOC(C)CO[Si](c1ccccc1)(c1ccccc1)C(C)(C)C. The van der Waals surface area contributed by atoms with E-state index in [-0.39, 0.29) is 11.1 Å². The molecule has 3 heteroatoms. The molecule has 0 radical (unpaired) electrons. The summed E-state index contributed by atoms with van der Waals surface area (Å²) in [6.45, 7) is 12.3. The molecule has 0 aromatic heterocycles. The molecule has 0 N–H and O–H groups in total. The standard InChI is InChI=1S/C21H30O2Si/c1-6-22-18(2)17-23-24(21(3,4)5,19-13-9-7-10-14-19)20-15-11-8-12-16-20/h7-16,18H,6,17H2,1-5H3. The summed E-state index contributed by atoms with van der Waals surface area (Å²) in [5.41, 5.74) is 0. The van der Waals surface area contributed by atoms with E-state index in [1.165, 1.54) is 10.4 Å². The predicted octanol–water partition coefficient (Wildman–Crippen LogP) is 3.99. The summed E-state index contributed by atoms with van der Waals surface area (Å²) in [6, 6.07) is 21.5. The second kappa shape index (κ2) is 8.10. The lowest BCUT2D eigenvalue weighted by molar-refractivity contribution is 0.0373. The summed E-state index contributed by atoms with van der Waals surface area (Å²) < 4.78 is 12.5. The third-order valence-electron chi connectivity index (χ3n) is 4.40. The lowest BCUT2D eigenvalue weighted by Gasteiger charge is -2.43. The van der Waals surface area contributed by atoms with E-state index >= 15 is 0 Å². The van der Waals surface area contributed by atoms with E-state index in [0.717, 1.165) is 0 Å². The van der Waals surface area contributed by atoms with Gasteiger partial charge in [0.25, 0.3) is 8.32 Å². The number of rotatable bonds is 7. The van der Waals surface area contributed by atoms with Gasteiger partial charge in [0.1, 0.15) is 0 Å². The smallest absolute Gasteiger partial charge is 0.261 e. The molecule has 1 unspecified atom stereocenters. The molecule has 0 saturated carbocycles. The van der Waals surface area contributed by atoms with Gasteiger partial charge in [-0.25, -0.2) is 0 Å². The summed E-state index contributed by atoms with van der Waals surface area (Å²) in [5, 5.41) is 2.64. The van der Waals surface area contributed by atoms with E-state index in [2.05, 4.69) is 88.4 Å². The van der Waals surface area contributed by atoms with Crippen LogP contribution in [0.1, 0.15) is 34.6 Å². The monoisotopic (exact) mass is 342 g/mol. The molecule has 2 nitrogen and oxygen atoms in total. The molecule has 1 atom stereocenters. The van der Waals surface area contributed by atoms with E-state index in [1.807, 2.05) is 6.92 Å². The normalized spacial score (nSPS) is 13.7. The summed E-state index contributed by atoms with van der Waals surface area (Å²) in [7, 11) is -2.42. The van der Waals surface area contributed by atoms with Gasteiger partial charge in [0.15, 0.2) is 0 Å². The highest BCUT2D eigenvalue weighted by atomic mass is 28.4. The highest BCUT2D eigenvalue weighted by Crippen LogP contribution is 2.36. The van der Waals surface area contributed by atoms with Gasteiger partial charge in [0.2, 0.25) is 0 Å². The van der Waals surface area contributed by atoms with Gasteiger partial charge in [0, 0.05) is 6.61 Å². The number of benzene rings is 2. The lowest BCUT2D eigenvalue weighted by Crippen LogP contribution is -2.67. The van der Waals surface area contributed by atoms with Crippen LogP contribution in [0.15, 0.2) is 60.7 Å². The van der Waals surface area contributed by atoms with Crippen molar-refractivity contribution in [1.82, 2.24) is 0 Å². The molecule has 0 aliphatic carbocycles. The first-order valence-electron chi connectivity index (χ1n) is 8.78. The average Bonchev–Trinajstić information content (AvgIpc) is 2.56. The molecule has 0 amide bonds. The Hall–Kier alpha value is -1.42. The molecule has 0 fully saturated rings. The Morgan fingerprint density at radius 3 is 1.71 bits per heavy atom. The van der Waals surface area contributed by atoms with Crippen LogP contribution in [0, 0.1) is 0 Å². The fraction of sp³-hybridized carbons (Fsp3) is 0.429. The molecule has 2 rings (SSSR count). The van der Waals surface area contributed by atoms with Crippen molar-refractivity contribution in [2.45, 2.75) is 45.8 Å². The maximum absolute atomic E-state index is 6.79. The molecule has 2 aromatic carbocycles. The van der Waals surface area contributed by atoms with Crippen LogP contribution < -0.4 is 10.4 Å². The van der Waals surface area contributed by atoms with Crippen LogP contribution in [-0.4, -0.2) is 27.6 Å². The second-order valence-electron chi connectivity index (χ2n) is 7.24. The maximum atomic E-state index is 6.79. The molecule has 0 spiro atoms. The first kappa shape index (κ1) is 18.9. The van der Waals surface area contributed by atoms with Gasteiger partial charge in [-0.15, -0.1) is 0 Å². The molecular weight excluding hydrogens is 312 g/mol. The van der Waals surface area contributed by atoms with Crippen LogP contribution in [0.2, 0.25) is 5.04 Å². The van der Waals surface area contributed by atoms with Crippen LogP contribution in [0.3, 0.4) is 0 Å². The summed E-state index contributed by atoms with van der Waals surface area (Å²) in [5.74, 6) is 0. The van der Waals surface area contributed by atoms with Crippen molar-refractivity contribution < 1.29 is 9.16 Å². The quantitative estimate of drug-likeness (QED) is 0.708. The van der Waals surface area contributed by atoms with E-state index in [1.54, 1.807) is 0 Å². The van der Waals surface area contributed by atoms with E-state index in [4.69, 9.17) is 9.16 Å². The fourth-order valence-electron chi connectivity index (χ4n) is 3.34. The Balaban J connectivity index is 2.53. The fourth-order valence-corrected chi connectivity index (χ4v) is 7.98. The van der Waals surface area contributed by atoms with Gasteiger partial charge in [-0.05, 0) is 29.3 Å². The highest BCUT2D eigenvalue weighted by Gasteiger charge is 2.50. The minimum Gasteiger partial charge on any atom is -0.405 e. The van der Waals surface area contributed by atoms with Crippen molar-refractivity contribution in [2.75, 3.05) is 13.2 Å². The Morgan fingerprint density at radius 1 is 0.875 bits per heavy atom. The van der Waals surface area contributed by atoms with E-state index in [9.17, 15) is 0 Å². The van der Waals surface area contributed by atoms with Crippen molar-refractivity contribution in [3.05, 3.63) is 60.7 Å². The highest BCUT2D eigenvalue weighted by molar-refractivity contribution is 6.99. The van der Waals surface area contributed by atoms with E-state index in [0.29, 0.717) is 13.2 Å². The Morgan fingerprint density at radius 2 is 1.33 bits per heavy atom. The zero-order valence-corrected chi connectivity index (χ0v) is 16.6. The van der Waals surface area contributed by atoms with Crippen LogP contribution in [-0.2, 0) is 9.16 Å². The Labute approximate surface area is 148 Å². The molecule has 0 aliphatic heterocycles. The van der Waals surface area contributed by atoms with Gasteiger partial charge in [0.05, 0.1) is 12.7 Å². The maximum Gasteiger partial charge on any atom is 0.261 e. The van der Waals surface area contributed by atoms with Crippen molar-refractivity contribution in [3.8, 4) is 0 Å². The van der Waals surface area contributed by atoms with E-state index < -0.39 is 8.32 Å². The minimum atomic E-state index is -2.42. The zero-order chi connectivity index (χ0) is 17.6. The van der Waals surface area contributed by atoms with Gasteiger partial charge in [-0.1, -0.05) is 81.4 Å². The molecule has 0 aliphatic rings. The largest absolute Gasteiger partial charge is 0.405 e. The second-order valence-corrected chi connectivity index (χ2v) is 11.5. The number of hydrogen-bond acceptors (Lipinski definition) is 2. The zero-order valence-electron chi connectivity index (χ0n) is 15.6. The third kappa shape index (κ3) is 3.97. The summed E-state index contributed by atoms with van der Waals surface area (Å²) >= 11 is 0. The summed E-state index contributed by atoms with van der Waals surface area (Å²) in [4.78, 5) is 0. The Bertz CT molecular complexity index is 565. The van der Waals surface area contributed by atoms with Gasteiger partial charge in [-0.2, -0.15) is 0 Å². The van der Waals surface area contributed by atoms with Crippen molar-refractivity contribution in [1.29, 1.82) is 0 Å². The molecule has 24 heavy (non-hydrogen) atoms. The van der Waals surface area contributed by atoms with Gasteiger partial charge in [-0.3, -0.25) is 0 Å². The van der Waals surface area contributed by atoms with Crippen LogP contribution in [0.4, 0.5) is 0 Å². The number of hydrogen-bond donors (Lipinski definition) is 0. The molecule has 0 heterocycles. The topological polar surface area (TPSA) is 18.5 Å². The van der Waals surface area contributed by atoms with Gasteiger partial charge >= 0.3 is 0 Å². The molecule has 130 valence electrons. The molecule has 0 saturated heterocycles. The van der Waals surface area contributed by atoms with Crippen LogP contribution in [0.5, 0.6) is 0 Å². The summed E-state index contributed by atoms with van der Waals surface area (Å²) in [6.07, 6.45) is 0.0941. The lowest BCUT2D eigenvalue weighted by atomic mass is 10.2. The number of ether oxygens (including phenoxy) is 1. The van der Waals surface area contributed by atoms with Crippen molar-refractivity contribution in [2.24, 2.45) is 0 Å². The predicted molar refractivity (Wildman–Crippen MR) is 105 cm³/mol. The van der Waals surface area contributed by atoms with Gasteiger partial charge < -0.3 is 9.16 Å². The average molecular weight is 343 g/mol. The molecule has 0 bridgehead atoms. The molecule has 2 aromatic rings. The van der Waals surface area contributed by atoms with Crippen molar-refractivity contribution in [3.63, 3.8) is 0 Å². The first-order valence-corrected chi connectivity index (χ1v) is 10.7. The molecular formula is C21H30O2Si. The van der Waals surface area contributed by atoms with Crippen LogP contribution >= 0.6 is 0 Å². The first-order chi connectivity index (χ1) is 11.4. The minimum absolute atomic E-state index is 0.0155. The van der Waals surface area contributed by atoms with Crippen LogP contribution in [0.25, 0.3) is 0 Å².